The molecule has 0 fully saturated rings. The number of thioether (sulfide) groups is 1. The number of carbonyl (C=O) groups is 1. The summed E-state index contributed by atoms with van der Waals surface area (Å²) in [6, 6.07) is 24.7. The zero-order chi connectivity index (χ0) is 24.9. The second kappa shape index (κ2) is 11.0. The molecule has 1 heterocycles. The van der Waals surface area contributed by atoms with Crippen molar-refractivity contribution in [3.8, 4) is 28.5 Å². The van der Waals surface area contributed by atoms with E-state index in [0.29, 0.717) is 31.9 Å². The third-order valence-electron chi connectivity index (χ3n) is 5.41. The van der Waals surface area contributed by atoms with E-state index in [1.807, 2.05) is 68.4 Å². The van der Waals surface area contributed by atoms with Gasteiger partial charge < -0.3 is 5.32 Å². The molecule has 0 spiro atoms. The van der Waals surface area contributed by atoms with Crippen LogP contribution in [0.4, 0.5) is 5.69 Å². The van der Waals surface area contributed by atoms with E-state index < -0.39 is 0 Å². The molecule has 0 unspecified atom stereocenters. The Morgan fingerprint density at radius 2 is 1.74 bits per heavy atom. The number of amides is 1. The van der Waals surface area contributed by atoms with E-state index in [9.17, 15) is 10.1 Å². The number of aromatic nitrogens is 1. The van der Waals surface area contributed by atoms with Crippen LogP contribution in [0.3, 0.4) is 0 Å². The fraction of sp³-hybridized carbons (Fsp3) is 0.107. The summed E-state index contributed by atoms with van der Waals surface area (Å²) >= 11 is 13.8. The van der Waals surface area contributed by atoms with Crippen LogP contribution in [-0.2, 0) is 4.79 Å². The zero-order valence-corrected chi connectivity index (χ0v) is 21.4. The molecule has 1 amide bonds. The summed E-state index contributed by atoms with van der Waals surface area (Å²) in [5.74, 6) is -0.0771. The highest BCUT2D eigenvalue weighted by molar-refractivity contribution is 8.00. The smallest absolute Gasteiger partial charge is 0.234 e. The van der Waals surface area contributed by atoms with Gasteiger partial charge in [0, 0.05) is 32.4 Å². The maximum Gasteiger partial charge on any atom is 0.234 e. The number of anilines is 1. The van der Waals surface area contributed by atoms with Gasteiger partial charge in [0.2, 0.25) is 5.91 Å². The van der Waals surface area contributed by atoms with Crippen molar-refractivity contribution in [1.82, 2.24) is 4.98 Å². The van der Waals surface area contributed by atoms with Gasteiger partial charge in [-0.3, -0.25) is 4.79 Å². The molecule has 174 valence electrons. The molecule has 0 aliphatic heterocycles. The molecule has 0 aliphatic carbocycles. The van der Waals surface area contributed by atoms with Gasteiger partial charge in [-0.05, 0) is 55.3 Å². The Balaban J connectivity index is 1.71. The van der Waals surface area contributed by atoms with Crippen LogP contribution in [0.2, 0.25) is 10.0 Å². The summed E-state index contributed by atoms with van der Waals surface area (Å²) in [7, 11) is 0. The minimum atomic E-state index is -0.175. The molecular weight excluding hydrogens is 497 g/mol. The van der Waals surface area contributed by atoms with Crippen molar-refractivity contribution in [2.75, 3.05) is 11.1 Å². The van der Waals surface area contributed by atoms with Crippen LogP contribution in [0.1, 0.15) is 16.7 Å². The van der Waals surface area contributed by atoms with E-state index in [0.717, 1.165) is 27.9 Å². The number of nitriles is 1. The number of carbonyl (C=O) groups excluding carboxylic acids is 1. The van der Waals surface area contributed by atoms with Crippen LogP contribution >= 0.6 is 35.0 Å². The average molecular weight is 518 g/mol. The number of hydrogen-bond acceptors (Lipinski definition) is 4. The monoisotopic (exact) mass is 517 g/mol. The number of pyridine rings is 1. The normalized spacial score (nSPS) is 10.6. The number of aryl methyl sites for hydroxylation is 2. The summed E-state index contributed by atoms with van der Waals surface area (Å²) in [6.45, 7) is 3.93. The van der Waals surface area contributed by atoms with Gasteiger partial charge in [0.05, 0.1) is 17.0 Å². The van der Waals surface area contributed by atoms with Crippen LogP contribution < -0.4 is 5.32 Å². The first-order valence-electron chi connectivity index (χ1n) is 10.8. The van der Waals surface area contributed by atoms with Crippen molar-refractivity contribution in [3.63, 3.8) is 0 Å². The maximum absolute atomic E-state index is 12.8. The largest absolute Gasteiger partial charge is 0.325 e. The first-order valence-corrected chi connectivity index (χ1v) is 12.6. The number of nitrogens with zero attached hydrogens (tertiary/aromatic N) is 2. The molecule has 4 aromatic rings. The Morgan fingerprint density at radius 1 is 1.00 bits per heavy atom. The molecule has 0 saturated carbocycles. The lowest BCUT2D eigenvalue weighted by atomic mass is 9.99. The van der Waals surface area contributed by atoms with E-state index in [2.05, 4.69) is 11.4 Å². The van der Waals surface area contributed by atoms with Crippen LogP contribution in [-0.4, -0.2) is 16.6 Å². The van der Waals surface area contributed by atoms with Gasteiger partial charge in [0.1, 0.15) is 11.1 Å². The highest BCUT2D eigenvalue weighted by atomic mass is 35.5. The van der Waals surface area contributed by atoms with Gasteiger partial charge >= 0.3 is 0 Å². The van der Waals surface area contributed by atoms with Crippen molar-refractivity contribution >= 4 is 46.6 Å². The van der Waals surface area contributed by atoms with E-state index in [-0.39, 0.29) is 11.7 Å². The van der Waals surface area contributed by atoms with Gasteiger partial charge in [-0.15, -0.1) is 0 Å². The van der Waals surface area contributed by atoms with E-state index in [4.69, 9.17) is 28.2 Å². The summed E-state index contributed by atoms with van der Waals surface area (Å²) < 4.78 is 0. The number of hydrogen-bond donors (Lipinski definition) is 1. The number of halogens is 2. The third kappa shape index (κ3) is 5.86. The molecule has 4 nitrogen and oxygen atoms in total. The predicted octanol–water partition coefficient (Wildman–Crippen LogP) is 7.94. The lowest BCUT2D eigenvalue weighted by molar-refractivity contribution is -0.113. The van der Waals surface area contributed by atoms with Gasteiger partial charge in [0.15, 0.2) is 0 Å². The molecule has 4 rings (SSSR count). The lowest BCUT2D eigenvalue weighted by Gasteiger charge is -2.14. The highest BCUT2D eigenvalue weighted by Gasteiger charge is 2.18. The maximum atomic E-state index is 12.8. The molecule has 3 aromatic carbocycles. The Morgan fingerprint density at radius 3 is 2.46 bits per heavy atom. The van der Waals surface area contributed by atoms with Crippen LogP contribution in [0, 0.1) is 25.2 Å². The molecule has 0 aliphatic rings. The van der Waals surface area contributed by atoms with Crippen molar-refractivity contribution in [1.29, 1.82) is 5.26 Å². The molecule has 35 heavy (non-hydrogen) atoms. The minimum absolute atomic E-state index is 0.0983. The first-order chi connectivity index (χ1) is 16.9. The molecule has 0 saturated heterocycles. The molecule has 1 N–H and O–H groups in total. The Kier molecular flexibility index (Phi) is 7.77. The summed E-state index contributed by atoms with van der Waals surface area (Å²) in [5, 5.41) is 14.6. The average Bonchev–Trinajstić information content (AvgIpc) is 2.85. The van der Waals surface area contributed by atoms with Gasteiger partial charge in [-0.2, -0.15) is 5.26 Å². The summed E-state index contributed by atoms with van der Waals surface area (Å²) in [6.07, 6.45) is 0. The second-order valence-corrected chi connectivity index (χ2v) is 9.80. The van der Waals surface area contributed by atoms with Crippen molar-refractivity contribution in [2.45, 2.75) is 18.9 Å². The number of benzene rings is 3. The summed E-state index contributed by atoms with van der Waals surface area (Å²) in [5.41, 5.74) is 6.08. The Hall–Kier alpha value is -3.30. The van der Waals surface area contributed by atoms with Gasteiger partial charge in [0.25, 0.3) is 0 Å². The molecule has 7 heteroatoms. The predicted molar refractivity (Wildman–Crippen MR) is 145 cm³/mol. The van der Waals surface area contributed by atoms with Crippen molar-refractivity contribution in [3.05, 3.63) is 99.5 Å². The second-order valence-electron chi connectivity index (χ2n) is 7.99. The van der Waals surface area contributed by atoms with Crippen molar-refractivity contribution < 1.29 is 4.79 Å². The topological polar surface area (TPSA) is 65.8 Å². The fourth-order valence-electron chi connectivity index (χ4n) is 3.59. The number of nitrogens with one attached hydrogen (secondary N) is 1. The minimum Gasteiger partial charge on any atom is -0.325 e. The highest BCUT2D eigenvalue weighted by Crippen LogP contribution is 2.37. The quantitative estimate of drug-likeness (QED) is 0.263. The van der Waals surface area contributed by atoms with Crippen LogP contribution in [0.25, 0.3) is 22.4 Å². The van der Waals surface area contributed by atoms with Crippen LogP contribution in [0.15, 0.2) is 77.8 Å². The third-order valence-corrected chi connectivity index (χ3v) is 6.97. The number of rotatable bonds is 6. The molecule has 0 atom stereocenters. The zero-order valence-electron chi connectivity index (χ0n) is 19.1. The van der Waals surface area contributed by atoms with E-state index in [1.165, 1.54) is 11.8 Å². The van der Waals surface area contributed by atoms with E-state index >= 15 is 0 Å². The van der Waals surface area contributed by atoms with Crippen LogP contribution in [0.5, 0.6) is 0 Å². The standard InChI is InChI=1S/C28H21Cl2N3OS/c1-17-7-8-18(2)25(13-17)32-27(34)16-35-28-23(15-31)22(21-5-3-4-6-24(21)30)14-26(33-28)19-9-11-20(29)12-10-19/h3-14H,16H2,1-2H3,(H,32,34). The molecule has 0 bridgehead atoms. The SMILES string of the molecule is Cc1ccc(C)c(NC(=O)CSc2nc(-c3ccc(Cl)cc3)cc(-c3ccccc3Cl)c2C#N)c1. The lowest BCUT2D eigenvalue weighted by Crippen LogP contribution is -2.15. The Labute approximate surface area is 218 Å². The fourth-order valence-corrected chi connectivity index (χ4v) is 4.75. The van der Waals surface area contributed by atoms with Gasteiger partial charge in [-0.1, -0.05) is 77.4 Å². The first kappa shape index (κ1) is 24.8. The molecule has 1 aromatic heterocycles. The Bertz CT molecular complexity index is 1450. The molecule has 0 radical (unpaired) electrons. The molecular formula is C28H21Cl2N3OS. The van der Waals surface area contributed by atoms with E-state index in [1.54, 1.807) is 18.2 Å². The van der Waals surface area contributed by atoms with Gasteiger partial charge in [-0.25, -0.2) is 4.98 Å². The van der Waals surface area contributed by atoms with Crippen molar-refractivity contribution in [2.24, 2.45) is 0 Å². The summed E-state index contributed by atoms with van der Waals surface area (Å²) in [4.78, 5) is 17.5.